The summed E-state index contributed by atoms with van der Waals surface area (Å²) >= 11 is 0. The number of carbonyl (C=O) groups excluding carboxylic acids is 1. The van der Waals surface area contributed by atoms with Gasteiger partial charge in [-0.3, -0.25) is 4.79 Å². The van der Waals surface area contributed by atoms with Gasteiger partial charge in [0.15, 0.2) is 0 Å². The van der Waals surface area contributed by atoms with Crippen LogP contribution in [0, 0.1) is 0 Å². The summed E-state index contributed by atoms with van der Waals surface area (Å²) in [5.41, 5.74) is 14.4. The molecule has 33 heavy (non-hydrogen) atoms. The molecular formula is C27H19N5O. The molecule has 0 spiro atoms. The Bertz CT molecular complexity index is 1640. The number of hydrogen-bond donors (Lipinski definition) is 3. The van der Waals surface area contributed by atoms with Gasteiger partial charge in [0, 0.05) is 22.1 Å². The average Bonchev–Trinajstić information content (AvgIpc) is 3.58. The van der Waals surface area contributed by atoms with Gasteiger partial charge in [-0.2, -0.15) is 0 Å². The van der Waals surface area contributed by atoms with E-state index < -0.39 is 5.91 Å². The predicted octanol–water partition coefficient (Wildman–Crippen LogP) is 5.42. The van der Waals surface area contributed by atoms with Crippen molar-refractivity contribution in [3.05, 3.63) is 95.1 Å². The summed E-state index contributed by atoms with van der Waals surface area (Å²) < 4.78 is 0. The molecule has 0 aliphatic carbocycles. The Labute approximate surface area is 189 Å². The number of nitrogens with two attached hydrogens (primary N) is 1. The molecular weight excluding hydrogens is 410 g/mol. The van der Waals surface area contributed by atoms with E-state index in [-0.39, 0.29) is 0 Å². The van der Waals surface area contributed by atoms with Crippen molar-refractivity contribution in [2.75, 3.05) is 0 Å². The number of aromatic nitrogens is 4. The second-order valence-electron chi connectivity index (χ2n) is 7.97. The fourth-order valence-corrected chi connectivity index (χ4v) is 4.24. The first-order valence-electron chi connectivity index (χ1n) is 10.6. The molecule has 4 N–H and O–H groups in total. The molecule has 1 aromatic carbocycles. The zero-order valence-corrected chi connectivity index (χ0v) is 17.5. The van der Waals surface area contributed by atoms with Gasteiger partial charge in [0.05, 0.1) is 33.9 Å². The van der Waals surface area contributed by atoms with Crippen LogP contribution in [0.5, 0.6) is 0 Å². The summed E-state index contributed by atoms with van der Waals surface area (Å²) in [5.74, 6) is -0.495. The lowest BCUT2D eigenvalue weighted by Gasteiger charge is -2.02. The number of rotatable bonds is 2. The number of aromatic amines is 2. The third kappa shape index (κ3) is 3.53. The van der Waals surface area contributed by atoms with Gasteiger partial charge >= 0.3 is 0 Å². The van der Waals surface area contributed by atoms with Gasteiger partial charge in [0.2, 0.25) is 0 Å². The van der Waals surface area contributed by atoms with Crippen molar-refractivity contribution in [1.82, 2.24) is 19.9 Å². The van der Waals surface area contributed by atoms with Crippen LogP contribution >= 0.6 is 0 Å². The summed E-state index contributed by atoms with van der Waals surface area (Å²) in [4.78, 5) is 28.8. The molecule has 6 rings (SSSR count). The molecule has 3 aromatic heterocycles. The van der Waals surface area contributed by atoms with Crippen LogP contribution in [-0.2, 0) is 0 Å². The zero-order valence-electron chi connectivity index (χ0n) is 17.5. The largest absolute Gasteiger partial charge is 0.366 e. The smallest absolute Gasteiger partial charge is 0.251 e. The summed E-state index contributed by atoms with van der Waals surface area (Å²) in [6, 6.07) is 21.5. The van der Waals surface area contributed by atoms with E-state index in [2.05, 4.69) is 15.0 Å². The summed E-state index contributed by atoms with van der Waals surface area (Å²) in [6.07, 6.45) is 7.84. The van der Waals surface area contributed by atoms with Crippen molar-refractivity contribution in [1.29, 1.82) is 0 Å². The second-order valence-corrected chi connectivity index (χ2v) is 7.97. The Hall–Kier alpha value is -4.71. The van der Waals surface area contributed by atoms with E-state index in [0.717, 1.165) is 50.5 Å². The van der Waals surface area contributed by atoms with Crippen molar-refractivity contribution in [2.45, 2.75) is 0 Å². The Balaban J connectivity index is 1.76. The number of hydrogen-bond acceptors (Lipinski definition) is 3. The van der Waals surface area contributed by atoms with Crippen LogP contribution < -0.4 is 5.73 Å². The molecule has 8 bridgehead atoms. The highest BCUT2D eigenvalue weighted by molar-refractivity contribution is 6.11. The number of benzene rings is 1. The average molecular weight is 429 g/mol. The Morgan fingerprint density at radius 1 is 0.667 bits per heavy atom. The van der Waals surface area contributed by atoms with Gasteiger partial charge < -0.3 is 15.7 Å². The summed E-state index contributed by atoms with van der Waals surface area (Å²) in [5, 5.41) is 0. The monoisotopic (exact) mass is 429 g/mol. The third-order valence-corrected chi connectivity index (χ3v) is 5.66. The summed E-state index contributed by atoms with van der Waals surface area (Å²) in [6.45, 7) is 0. The van der Waals surface area contributed by atoms with Crippen molar-refractivity contribution >= 4 is 52.3 Å². The minimum Gasteiger partial charge on any atom is -0.366 e. The van der Waals surface area contributed by atoms with Crippen molar-refractivity contribution in [2.24, 2.45) is 5.73 Å². The van der Waals surface area contributed by atoms with Crippen LogP contribution in [0.15, 0.2) is 66.7 Å². The number of fused-ring (bicyclic) bond motifs is 8. The quantitative estimate of drug-likeness (QED) is 0.342. The fourth-order valence-electron chi connectivity index (χ4n) is 4.24. The van der Waals surface area contributed by atoms with E-state index in [9.17, 15) is 4.79 Å². The van der Waals surface area contributed by atoms with Crippen molar-refractivity contribution < 1.29 is 4.79 Å². The first kappa shape index (κ1) is 19.0. The second kappa shape index (κ2) is 7.46. The van der Waals surface area contributed by atoms with Crippen LogP contribution in [0.4, 0.5) is 0 Å². The topological polar surface area (TPSA) is 100 Å². The minimum absolute atomic E-state index is 0.442. The molecule has 0 atom stereocenters. The molecule has 0 fully saturated rings. The number of H-pyrrole nitrogens is 2. The van der Waals surface area contributed by atoms with Gasteiger partial charge in [0.25, 0.3) is 5.91 Å². The third-order valence-electron chi connectivity index (χ3n) is 5.66. The highest BCUT2D eigenvalue weighted by Crippen LogP contribution is 2.32. The molecule has 6 nitrogen and oxygen atoms in total. The maximum absolute atomic E-state index is 12.6. The van der Waals surface area contributed by atoms with Gasteiger partial charge in [-0.25, -0.2) is 9.97 Å². The Kier molecular flexibility index (Phi) is 4.30. The first-order chi connectivity index (χ1) is 16.1. The van der Waals surface area contributed by atoms with E-state index in [1.807, 2.05) is 91.0 Å². The Morgan fingerprint density at radius 3 is 1.94 bits per heavy atom. The molecule has 4 aromatic rings. The lowest BCUT2D eigenvalue weighted by atomic mass is 10.0. The van der Waals surface area contributed by atoms with Crippen LogP contribution in [0.25, 0.3) is 57.5 Å². The van der Waals surface area contributed by atoms with Gasteiger partial charge in [-0.15, -0.1) is 0 Å². The normalized spacial score (nSPS) is 12.2. The number of carbonyl (C=O) groups is 1. The van der Waals surface area contributed by atoms with Gasteiger partial charge in [-0.1, -0.05) is 30.3 Å². The van der Waals surface area contributed by atoms with Crippen molar-refractivity contribution in [3.8, 4) is 11.1 Å². The molecule has 6 heteroatoms. The van der Waals surface area contributed by atoms with E-state index in [4.69, 9.17) is 10.7 Å². The fraction of sp³-hybridized carbons (Fsp3) is 0. The maximum Gasteiger partial charge on any atom is 0.251 e. The standard InChI is InChI=1S/C27H19N5O/c28-27(33)26-24-15-22-11-9-20(31-22)13-18-7-6-17(29-18)12-19-8-10-21(30-19)14-23(32-24)25(26)16-4-2-1-3-5-16/h1-15,31-32H,(H2,28,33). The highest BCUT2D eigenvalue weighted by atomic mass is 16.1. The highest BCUT2D eigenvalue weighted by Gasteiger charge is 2.18. The zero-order chi connectivity index (χ0) is 22.4. The SMILES string of the molecule is NC(=O)c1c(-c2ccccc2)c2cc3nc(cc4nc(cc5ccc(cc1[nH]2)[nH]5)C=C4)C=C3. The lowest BCUT2D eigenvalue weighted by molar-refractivity contribution is 0.100. The molecule has 2 aliphatic rings. The van der Waals surface area contributed by atoms with E-state index in [0.29, 0.717) is 11.1 Å². The maximum atomic E-state index is 12.6. The molecule has 2 aliphatic heterocycles. The minimum atomic E-state index is -0.495. The molecule has 0 radical (unpaired) electrons. The molecule has 158 valence electrons. The Morgan fingerprint density at radius 2 is 1.27 bits per heavy atom. The molecule has 0 saturated heterocycles. The summed E-state index contributed by atoms with van der Waals surface area (Å²) in [7, 11) is 0. The van der Waals surface area contributed by atoms with Crippen LogP contribution in [0.1, 0.15) is 33.1 Å². The lowest BCUT2D eigenvalue weighted by Crippen LogP contribution is -2.11. The van der Waals surface area contributed by atoms with Crippen LogP contribution in [0.3, 0.4) is 0 Å². The molecule has 5 heterocycles. The first-order valence-corrected chi connectivity index (χ1v) is 10.6. The van der Waals surface area contributed by atoms with E-state index in [1.165, 1.54) is 0 Å². The molecule has 1 amide bonds. The van der Waals surface area contributed by atoms with Gasteiger partial charge in [0.1, 0.15) is 0 Å². The molecule has 0 saturated carbocycles. The number of amides is 1. The number of primary amides is 1. The van der Waals surface area contributed by atoms with Gasteiger partial charge in [-0.05, 0) is 66.3 Å². The van der Waals surface area contributed by atoms with Crippen LogP contribution in [0.2, 0.25) is 0 Å². The predicted molar refractivity (Wildman–Crippen MR) is 133 cm³/mol. The number of nitrogens with zero attached hydrogens (tertiary/aromatic N) is 2. The van der Waals surface area contributed by atoms with Crippen LogP contribution in [-0.4, -0.2) is 25.8 Å². The number of nitrogens with one attached hydrogen (secondary N) is 2. The van der Waals surface area contributed by atoms with E-state index in [1.54, 1.807) is 0 Å². The van der Waals surface area contributed by atoms with E-state index >= 15 is 0 Å². The van der Waals surface area contributed by atoms with Crippen molar-refractivity contribution in [3.63, 3.8) is 0 Å². The molecule has 0 unspecified atom stereocenters.